The molecule has 8 aromatic carbocycles. The van der Waals surface area contributed by atoms with E-state index in [2.05, 4.69) is 218 Å². The Labute approximate surface area is 386 Å². The van der Waals surface area contributed by atoms with Crippen molar-refractivity contribution in [3.63, 3.8) is 0 Å². The normalized spacial score (nSPS) is 14.1. The SMILES string of the molecule is CCCC1=Cc2c(-c3c4ccccc4cc4ccccc34)cccc2C1c1[c-]c(C(C)(C)C)cc2c1Cc1ccc(C(C)(C)C)cc1-2.[Zr].c1ccc([Si]c2ccccc2)cc1. The minimum Gasteiger partial charge on any atom is -0.175 e. The molecule has 0 saturated carbocycles. The van der Waals surface area contributed by atoms with Crippen LogP contribution < -0.4 is 10.4 Å². The predicted octanol–water partition coefficient (Wildman–Crippen LogP) is 14.3. The van der Waals surface area contributed by atoms with Crippen LogP contribution in [0.5, 0.6) is 0 Å². The fourth-order valence-corrected chi connectivity index (χ4v) is 10.4. The average molecular weight is 883 g/mol. The van der Waals surface area contributed by atoms with Gasteiger partial charge in [-0.05, 0) is 90.2 Å². The van der Waals surface area contributed by atoms with E-state index in [-0.39, 0.29) is 43.0 Å². The maximum atomic E-state index is 4.11. The predicted molar refractivity (Wildman–Crippen MR) is 260 cm³/mol. The second-order valence-corrected chi connectivity index (χ2v) is 20.2. The first-order valence-corrected chi connectivity index (χ1v) is 22.8. The first-order valence-electron chi connectivity index (χ1n) is 21.8. The van der Waals surface area contributed by atoms with Gasteiger partial charge in [0.2, 0.25) is 0 Å². The number of rotatable bonds is 6. The van der Waals surface area contributed by atoms with E-state index in [4.69, 9.17) is 0 Å². The molecule has 1 unspecified atom stereocenters. The molecule has 2 heteroatoms. The molecule has 0 fully saturated rings. The fourth-order valence-electron chi connectivity index (χ4n) is 9.39. The average Bonchev–Trinajstić information content (AvgIpc) is 3.81. The molecular weight excluding hydrogens is 828 g/mol. The Balaban J connectivity index is 0.000000313. The van der Waals surface area contributed by atoms with Crippen LogP contribution in [0.25, 0.3) is 49.9 Å². The first-order chi connectivity index (χ1) is 29.0. The van der Waals surface area contributed by atoms with Crippen LogP contribution in [0.15, 0.2) is 163 Å². The zero-order valence-electron chi connectivity index (χ0n) is 36.8. The third-order valence-electron chi connectivity index (χ3n) is 12.5. The van der Waals surface area contributed by atoms with Crippen LogP contribution in [0.4, 0.5) is 0 Å². The van der Waals surface area contributed by atoms with Crippen LogP contribution in [-0.4, -0.2) is 9.52 Å². The molecule has 2 radical (unpaired) electrons. The van der Waals surface area contributed by atoms with Crippen molar-refractivity contribution in [2.75, 3.05) is 0 Å². The third-order valence-corrected chi connectivity index (χ3v) is 13.7. The summed E-state index contributed by atoms with van der Waals surface area (Å²) in [5.41, 5.74) is 17.0. The van der Waals surface area contributed by atoms with Gasteiger partial charge in [0.15, 0.2) is 0 Å². The summed E-state index contributed by atoms with van der Waals surface area (Å²) in [5.74, 6) is 0.207. The van der Waals surface area contributed by atoms with Gasteiger partial charge in [-0.2, -0.15) is 17.7 Å². The van der Waals surface area contributed by atoms with Crippen molar-refractivity contribution in [3.05, 3.63) is 208 Å². The molecular formula is C59H55SiZr-. The van der Waals surface area contributed by atoms with Gasteiger partial charge in [-0.15, -0.1) is 16.7 Å². The van der Waals surface area contributed by atoms with Crippen LogP contribution in [0.3, 0.4) is 0 Å². The molecule has 300 valence electrons. The smallest absolute Gasteiger partial charge is 0.121 e. The molecule has 0 aliphatic heterocycles. The largest absolute Gasteiger partial charge is 0.175 e. The fraction of sp³-hybridized carbons (Fsp3) is 0.220. The van der Waals surface area contributed by atoms with E-state index in [1.54, 1.807) is 0 Å². The number of fused-ring (bicyclic) bond motifs is 6. The van der Waals surface area contributed by atoms with Crippen molar-refractivity contribution in [1.82, 2.24) is 0 Å². The molecule has 0 heterocycles. The molecule has 0 spiro atoms. The summed E-state index contributed by atoms with van der Waals surface area (Å²) in [7, 11) is 0.777. The number of allylic oxidation sites excluding steroid dienone is 1. The van der Waals surface area contributed by atoms with Crippen molar-refractivity contribution < 1.29 is 26.2 Å². The molecule has 0 N–H and O–H groups in total. The Morgan fingerprint density at radius 1 is 0.590 bits per heavy atom. The minimum absolute atomic E-state index is 0. The van der Waals surface area contributed by atoms with Gasteiger partial charge in [0.1, 0.15) is 9.52 Å². The number of hydrogen-bond donors (Lipinski definition) is 0. The standard InChI is InChI=1S/C47H45.C12H10Si.Zr/c1-8-14-32-25-40-37(19-13-20-38(40)45-35-17-11-9-15-29(35)23-30-16-10-12-18-36(30)45)44(32)43-28-34(47(5,6)7)27-42-39-26-33(46(2,3)4)22-21-31(39)24-41(42)43;1-3-7-11(8-4-1)13-12-9-5-2-6-10-12;/h9-13,15-23,25-27,44H,8,14,24H2,1-7H3;1-10H;/q-1;;. The van der Waals surface area contributed by atoms with Gasteiger partial charge in [-0.25, -0.2) is 0 Å². The Bertz CT molecular complexity index is 2800. The molecule has 2 aliphatic rings. The van der Waals surface area contributed by atoms with Gasteiger partial charge in [-0.3, -0.25) is 0 Å². The quantitative estimate of drug-likeness (QED) is 0.0887. The topological polar surface area (TPSA) is 0 Å². The van der Waals surface area contributed by atoms with Gasteiger partial charge in [-0.1, -0.05) is 223 Å². The van der Waals surface area contributed by atoms with Crippen LogP contribution >= 0.6 is 0 Å². The molecule has 0 bridgehead atoms. The van der Waals surface area contributed by atoms with Gasteiger partial charge in [0.05, 0.1) is 0 Å². The molecule has 1 atom stereocenters. The molecule has 8 aromatic rings. The summed E-state index contributed by atoms with van der Waals surface area (Å²) in [5, 5.41) is 8.02. The monoisotopic (exact) mass is 881 g/mol. The molecule has 0 aromatic heterocycles. The van der Waals surface area contributed by atoms with Gasteiger partial charge >= 0.3 is 0 Å². The zero-order chi connectivity index (χ0) is 41.6. The van der Waals surface area contributed by atoms with Gasteiger partial charge in [0, 0.05) is 32.1 Å². The molecule has 2 aliphatic carbocycles. The number of benzene rings is 8. The van der Waals surface area contributed by atoms with E-state index in [0.717, 1.165) is 28.8 Å². The third kappa shape index (κ3) is 8.52. The molecule has 0 amide bonds. The summed E-state index contributed by atoms with van der Waals surface area (Å²) < 4.78 is 0. The summed E-state index contributed by atoms with van der Waals surface area (Å²) in [4.78, 5) is 0. The first kappa shape index (κ1) is 42.8. The van der Waals surface area contributed by atoms with Crippen molar-refractivity contribution >= 4 is 47.5 Å². The van der Waals surface area contributed by atoms with Crippen molar-refractivity contribution in [2.24, 2.45) is 0 Å². The molecule has 0 saturated heterocycles. The Hall–Kier alpha value is -4.88. The van der Waals surface area contributed by atoms with E-state index in [1.807, 2.05) is 0 Å². The molecule has 10 rings (SSSR count). The van der Waals surface area contributed by atoms with E-state index in [9.17, 15) is 0 Å². The Morgan fingerprint density at radius 2 is 1.20 bits per heavy atom. The van der Waals surface area contributed by atoms with Crippen LogP contribution in [0.1, 0.15) is 106 Å². The maximum Gasteiger partial charge on any atom is 0.121 e. The summed E-state index contributed by atoms with van der Waals surface area (Å²) in [6, 6.07) is 62.2. The Kier molecular flexibility index (Phi) is 12.3. The van der Waals surface area contributed by atoms with Crippen LogP contribution in [-0.2, 0) is 43.5 Å². The van der Waals surface area contributed by atoms with E-state index in [1.165, 1.54) is 98.7 Å². The van der Waals surface area contributed by atoms with Crippen LogP contribution in [0.2, 0.25) is 0 Å². The van der Waals surface area contributed by atoms with E-state index in [0.29, 0.717) is 0 Å². The second kappa shape index (κ2) is 17.5. The summed E-state index contributed by atoms with van der Waals surface area (Å²) in [6.45, 7) is 16.3. The van der Waals surface area contributed by atoms with Crippen molar-refractivity contribution in [1.29, 1.82) is 0 Å². The molecule has 0 nitrogen and oxygen atoms in total. The van der Waals surface area contributed by atoms with E-state index >= 15 is 0 Å². The van der Waals surface area contributed by atoms with Crippen molar-refractivity contribution in [2.45, 2.75) is 84.5 Å². The number of hydrogen-bond acceptors (Lipinski definition) is 0. The van der Waals surface area contributed by atoms with Gasteiger partial charge < -0.3 is 0 Å². The second-order valence-electron chi connectivity index (χ2n) is 18.8. The van der Waals surface area contributed by atoms with Crippen molar-refractivity contribution in [3.8, 4) is 22.3 Å². The molecule has 61 heavy (non-hydrogen) atoms. The van der Waals surface area contributed by atoms with Gasteiger partial charge in [0.25, 0.3) is 0 Å². The van der Waals surface area contributed by atoms with Crippen LogP contribution in [0, 0.1) is 6.07 Å². The Morgan fingerprint density at radius 3 is 1.79 bits per heavy atom. The minimum atomic E-state index is -0.00600. The zero-order valence-corrected chi connectivity index (χ0v) is 40.2. The summed E-state index contributed by atoms with van der Waals surface area (Å²) >= 11 is 0. The maximum absolute atomic E-state index is 4.11. The summed E-state index contributed by atoms with van der Waals surface area (Å²) in [6.07, 6.45) is 5.74. The van der Waals surface area contributed by atoms with E-state index < -0.39 is 0 Å².